The Morgan fingerprint density at radius 3 is 2.67 bits per heavy atom. The van der Waals surface area contributed by atoms with Crippen LogP contribution in [-0.4, -0.2) is 17.4 Å². The minimum absolute atomic E-state index is 0.207. The molecule has 0 spiro atoms. The van der Waals surface area contributed by atoms with Crippen molar-refractivity contribution in [2.45, 2.75) is 25.7 Å². The van der Waals surface area contributed by atoms with Crippen LogP contribution in [0.5, 0.6) is 0 Å². The minimum Gasteiger partial charge on any atom is -0.369 e. The minimum atomic E-state index is -0.207. The molecule has 1 aromatic carbocycles. The SMILES string of the molecule is N#Cc1ccc(NC(=O)c2cccnc2NCC2CCCC2)cc1. The summed E-state index contributed by atoms with van der Waals surface area (Å²) in [6, 6.07) is 12.4. The van der Waals surface area contributed by atoms with E-state index in [1.807, 2.05) is 0 Å². The molecule has 1 fully saturated rings. The van der Waals surface area contributed by atoms with Gasteiger partial charge in [0.1, 0.15) is 5.82 Å². The molecule has 122 valence electrons. The van der Waals surface area contributed by atoms with Crippen molar-refractivity contribution in [3.05, 3.63) is 53.7 Å². The Morgan fingerprint density at radius 1 is 1.21 bits per heavy atom. The molecule has 5 nitrogen and oxygen atoms in total. The van der Waals surface area contributed by atoms with E-state index in [1.54, 1.807) is 42.6 Å². The van der Waals surface area contributed by atoms with Crippen molar-refractivity contribution in [3.63, 3.8) is 0 Å². The van der Waals surface area contributed by atoms with Gasteiger partial charge >= 0.3 is 0 Å². The number of nitrogens with one attached hydrogen (secondary N) is 2. The van der Waals surface area contributed by atoms with Gasteiger partial charge in [-0.1, -0.05) is 12.8 Å². The van der Waals surface area contributed by atoms with E-state index in [4.69, 9.17) is 5.26 Å². The summed E-state index contributed by atoms with van der Waals surface area (Å²) in [6.45, 7) is 0.855. The van der Waals surface area contributed by atoms with Gasteiger partial charge in [-0.15, -0.1) is 0 Å². The van der Waals surface area contributed by atoms with Gasteiger partial charge in [0, 0.05) is 18.4 Å². The highest BCUT2D eigenvalue weighted by Crippen LogP contribution is 2.25. The maximum atomic E-state index is 12.5. The largest absolute Gasteiger partial charge is 0.369 e. The first kappa shape index (κ1) is 16.0. The normalized spacial score (nSPS) is 14.1. The fourth-order valence-corrected chi connectivity index (χ4v) is 3.01. The molecule has 1 aliphatic carbocycles. The summed E-state index contributed by atoms with van der Waals surface area (Å²) >= 11 is 0. The van der Waals surface area contributed by atoms with Gasteiger partial charge in [0.25, 0.3) is 5.91 Å². The third-order valence-corrected chi connectivity index (χ3v) is 4.36. The second-order valence-corrected chi connectivity index (χ2v) is 6.07. The van der Waals surface area contributed by atoms with Crippen molar-refractivity contribution >= 4 is 17.4 Å². The first-order chi connectivity index (χ1) is 11.8. The summed E-state index contributed by atoms with van der Waals surface area (Å²) in [5.41, 5.74) is 1.75. The predicted octanol–water partition coefficient (Wildman–Crippen LogP) is 3.81. The van der Waals surface area contributed by atoms with Crippen LogP contribution in [0.25, 0.3) is 0 Å². The van der Waals surface area contributed by atoms with Crippen LogP contribution in [0.2, 0.25) is 0 Å². The molecule has 5 heteroatoms. The monoisotopic (exact) mass is 320 g/mol. The Balaban J connectivity index is 1.68. The summed E-state index contributed by atoms with van der Waals surface area (Å²) in [5.74, 6) is 1.08. The van der Waals surface area contributed by atoms with Gasteiger partial charge in [-0.3, -0.25) is 4.79 Å². The number of carbonyl (C=O) groups is 1. The Labute approximate surface area is 141 Å². The molecule has 2 N–H and O–H groups in total. The third-order valence-electron chi connectivity index (χ3n) is 4.36. The molecule has 0 aliphatic heterocycles. The topological polar surface area (TPSA) is 77.8 Å². The summed E-state index contributed by atoms with van der Waals surface area (Å²) in [5, 5.41) is 15.0. The molecule has 1 aliphatic rings. The number of nitrogens with zero attached hydrogens (tertiary/aromatic N) is 2. The van der Waals surface area contributed by atoms with Crippen LogP contribution >= 0.6 is 0 Å². The van der Waals surface area contributed by atoms with E-state index in [2.05, 4.69) is 21.7 Å². The van der Waals surface area contributed by atoms with Crippen LogP contribution < -0.4 is 10.6 Å². The van der Waals surface area contributed by atoms with Gasteiger partial charge in [-0.25, -0.2) is 4.98 Å². The Hall–Kier alpha value is -2.87. The maximum Gasteiger partial charge on any atom is 0.259 e. The number of hydrogen-bond donors (Lipinski definition) is 2. The molecule has 0 saturated heterocycles. The molecule has 1 amide bonds. The van der Waals surface area contributed by atoms with Crippen molar-refractivity contribution in [2.75, 3.05) is 17.2 Å². The highest BCUT2D eigenvalue weighted by molar-refractivity contribution is 6.07. The number of carbonyl (C=O) groups excluding carboxylic acids is 1. The second-order valence-electron chi connectivity index (χ2n) is 6.07. The van der Waals surface area contributed by atoms with Crippen molar-refractivity contribution in [3.8, 4) is 6.07 Å². The molecule has 2 aromatic rings. The average Bonchev–Trinajstić information content (AvgIpc) is 3.14. The van der Waals surface area contributed by atoms with E-state index in [0.29, 0.717) is 28.6 Å². The smallest absolute Gasteiger partial charge is 0.259 e. The third kappa shape index (κ3) is 3.90. The Kier molecular flexibility index (Phi) is 5.07. The maximum absolute atomic E-state index is 12.5. The summed E-state index contributed by atoms with van der Waals surface area (Å²) < 4.78 is 0. The van der Waals surface area contributed by atoms with Crippen LogP contribution in [0.4, 0.5) is 11.5 Å². The average molecular weight is 320 g/mol. The number of nitriles is 1. The van der Waals surface area contributed by atoms with Gasteiger partial charge in [-0.05, 0) is 55.2 Å². The molecule has 0 radical (unpaired) electrons. The predicted molar refractivity (Wildman–Crippen MR) is 93.8 cm³/mol. The lowest BCUT2D eigenvalue weighted by atomic mass is 10.1. The fraction of sp³-hybridized carbons (Fsp3) is 0.316. The zero-order chi connectivity index (χ0) is 16.8. The first-order valence-electron chi connectivity index (χ1n) is 8.26. The number of amides is 1. The quantitative estimate of drug-likeness (QED) is 0.878. The first-order valence-corrected chi connectivity index (χ1v) is 8.26. The lowest BCUT2D eigenvalue weighted by Crippen LogP contribution is -2.18. The molecule has 1 heterocycles. The van der Waals surface area contributed by atoms with Gasteiger partial charge in [0.2, 0.25) is 0 Å². The van der Waals surface area contributed by atoms with Crippen molar-refractivity contribution in [2.24, 2.45) is 5.92 Å². The van der Waals surface area contributed by atoms with E-state index in [1.165, 1.54) is 25.7 Å². The molecule has 0 atom stereocenters. The van der Waals surface area contributed by atoms with Crippen LogP contribution in [0.3, 0.4) is 0 Å². The second kappa shape index (κ2) is 7.60. The number of anilines is 2. The van der Waals surface area contributed by atoms with E-state index < -0.39 is 0 Å². The molecule has 1 saturated carbocycles. The Morgan fingerprint density at radius 2 is 1.96 bits per heavy atom. The number of rotatable bonds is 5. The highest BCUT2D eigenvalue weighted by atomic mass is 16.1. The van der Waals surface area contributed by atoms with Gasteiger partial charge < -0.3 is 10.6 Å². The fourth-order valence-electron chi connectivity index (χ4n) is 3.01. The molecule has 0 unspecified atom stereocenters. The summed E-state index contributed by atoms with van der Waals surface area (Å²) in [6.07, 6.45) is 6.76. The molecular weight excluding hydrogens is 300 g/mol. The zero-order valence-corrected chi connectivity index (χ0v) is 13.5. The number of benzene rings is 1. The highest BCUT2D eigenvalue weighted by Gasteiger charge is 2.17. The van der Waals surface area contributed by atoms with E-state index in [0.717, 1.165) is 6.54 Å². The molecule has 24 heavy (non-hydrogen) atoms. The number of pyridine rings is 1. The van der Waals surface area contributed by atoms with Gasteiger partial charge in [0.15, 0.2) is 0 Å². The number of hydrogen-bond acceptors (Lipinski definition) is 4. The molecule has 0 bridgehead atoms. The standard InChI is InChI=1S/C19H20N4O/c20-12-14-7-9-16(10-8-14)23-19(24)17-6-3-11-21-18(17)22-13-15-4-1-2-5-15/h3,6-11,15H,1-2,4-5,13H2,(H,21,22)(H,23,24). The van der Waals surface area contributed by atoms with Gasteiger partial charge in [0.05, 0.1) is 17.2 Å². The molecule has 1 aromatic heterocycles. The Bertz CT molecular complexity index is 743. The van der Waals surface area contributed by atoms with Crippen LogP contribution in [0.1, 0.15) is 41.6 Å². The van der Waals surface area contributed by atoms with Crippen LogP contribution in [0, 0.1) is 17.2 Å². The van der Waals surface area contributed by atoms with Crippen LogP contribution in [-0.2, 0) is 0 Å². The van der Waals surface area contributed by atoms with Gasteiger partial charge in [-0.2, -0.15) is 5.26 Å². The lowest BCUT2D eigenvalue weighted by molar-refractivity contribution is 0.102. The summed E-state index contributed by atoms with van der Waals surface area (Å²) in [4.78, 5) is 16.8. The van der Waals surface area contributed by atoms with Crippen molar-refractivity contribution in [1.82, 2.24) is 4.98 Å². The van der Waals surface area contributed by atoms with E-state index in [-0.39, 0.29) is 5.91 Å². The molecule has 3 rings (SSSR count). The zero-order valence-electron chi connectivity index (χ0n) is 13.5. The number of aromatic nitrogens is 1. The van der Waals surface area contributed by atoms with Crippen molar-refractivity contribution in [1.29, 1.82) is 5.26 Å². The van der Waals surface area contributed by atoms with E-state index in [9.17, 15) is 4.79 Å². The lowest BCUT2D eigenvalue weighted by Gasteiger charge is -2.14. The van der Waals surface area contributed by atoms with E-state index >= 15 is 0 Å². The van der Waals surface area contributed by atoms with Crippen molar-refractivity contribution < 1.29 is 4.79 Å². The summed E-state index contributed by atoms with van der Waals surface area (Å²) in [7, 11) is 0. The molecular formula is C19H20N4O. The van der Waals surface area contributed by atoms with Crippen LogP contribution in [0.15, 0.2) is 42.6 Å².